The molecule has 0 saturated carbocycles. The molecule has 36 valence electrons. The van der Waals surface area contributed by atoms with Crippen LogP contribution in [-0.2, 0) is 0 Å². The topological polar surface area (TPSA) is 0 Å². The van der Waals surface area contributed by atoms with Gasteiger partial charge in [0.15, 0.2) is 0 Å². The van der Waals surface area contributed by atoms with Crippen molar-refractivity contribution in [2.24, 2.45) is 0 Å². The monoisotopic (exact) mass is 142 g/mol. The zero-order valence-electron chi connectivity index (χ0n) is 5.60. The zero-order chi connectivity index (χ0) is 4.41. The Morgan fingerprint density at radius 2 is 2.57 bits per heavy atom. The Hall–Kier alpha value is 1.44. The fourth-order valence-corrected chi connectivity index (χ4v) is 2.31. The largest absolute Gasteiger partial charge is 1.00 e. The van der Waals surface area contributed by atoms with Crippen LogP contribution in [0.5, 0.6) is 0 Å². The third kappa shape index (κ3) is 3.09. The van der Waals surface area contributed by atoms with Crippen molar-refractivity contribution in [1.29, 1.82) is 0 Å². The van der Waals surface area contributed by atoms with E-state index in [1.807, 2.05) is 23.5 Å². The van der Waals surface area contributed by atoms with Crippen molar-refractivity contribution in [3.63, 3.8) is 0 Å². The number of hydrogen-bond acceptors (Lipinski definition) is 2. The van der Waals surface area contributed by atoms with Gasteiger partial charge in [0.25, 0.3) is 0 Å². The van der Waals surface area contributed by atoms with Crippen LogP contribution >= 0.6 is 23.5 Å². The summed E-state index contributed by atoms with van der Waals surface area (Å²) >= 11 is 3.80. The van der Waals surface area contributed by atoms with Gasteiger partial charge in [-0.25, -0.2) is 0 Å². The third-order valence-corrected chi connectivity index (χ3v) is 2.86. The Morgan fingerprint density at radius 3 is 2.71 bits per heavy atom. The first-order chi connectivity index (χ1) is 2.89. The minimum Gasteiger partial charge on any atom is -1.00 e. The van der Waals surface area contributed by atoms with E-state index in [9.17, 15) is 0 Å². The molecule has 0 bridgehead atoms. The molecule has 0 aliphatic carbocycles. The van der Waals surface area contributed by atoms with Crippen LogP contribution in [0.1, 0.15) is 8.35 Å². The standard InChI is InChI=1S/C4H6S2.Na.H/c1-4-2-5-3-6-4;;/h2H,3H2,1H3;;/q;+1;-1. The number of thioether (sulfide) groups is 2. The first-order valence-electron chi connectivity index (χ1n) is 1.81. The predicted molar refractivity (Wildman–Crippen MR) is 34.9 cm³/mol. The van der Waals surface area contributed by atoms with Gasteiger partial charge in [0, 0.05) is 5.08 Å². The zero-order valence-corrected chi connectivity index (χ0v) is 8.23. The van der Waals surface area contributed by atoms with E-state index in [1.54, 1.807) is 0 Å². The van der Waals surface area contributed by atoms with Crippen LogP contribution in [0, 0.1) is 0 Å². The normalized spacial score (nSPS) is 18.1. The van der Waals surface area contributed by atoms with E-state index in [4.69, 9.17) is 0 Å². The molecule has 0 aromatic heterocycles. The smallest absolute Gasteiger partial charge is 1.00 e. The number of rotatable bonds is 0. The molecule has 7 heavy (non-hydrogen) atoms. The summed E-state index contributed by atoms with van der Waals surface area (Å²) in [4.78, 5) is 1.46. The molecule has 1 heterocycles. The molecule has 0 unspecified atom stereocenters. The molecule has 0 fully saturated rings. The van der Waals surface area contributed by atoms with Gasteiger partial charge in [0.05, 0.1) is 0 Å². The molecule has 3 heteroatoms. The third-order valence-electron chi connectivity index (χ3n) is 0.604. The fourth-order valence-electron chi connectivity index (χ4n) is 0.312. The minimum atomic E-state index is 0. The molecule has 1 aliphatic rings. The van der Waals surface area contributed by atoms with Crippen LogP contribution in [-0.4, -0.2) is 5.08 Å². The Morgan fingerprint density at radius 1 is 1.86 bits per heavy atom. The quantitative estimate of drug-likeness (QED) is 0.414. The summed E-state index contributed by atoms with van der Waals surface area (Å²) in [5.74, 6) is 0. The molecule has 0 aromatic rings. The van der Waals surface area contributed by atoms with Crippen molar-refractivity contribution in [1.82, 2.24) is 0 Å². The molecule has 0 aromatic carbocycles. The second-order valence-electron chi connectivity index (χ2n) is 1.16. The molecule has 0 N–H and O–H groups in total. The molecule has 0 atom stereocenters. The van der Waals surface area contributed by atoms with Gasteiger partial charge in [0.2, 0.25) is 0 Å². The van der Waals surface area contributed by atoms with E-state index < -0.39 is 0 Å². The van der Waals surface area contributed by atoms with E-state index in [2.05, 4.69) is 12.3 Å². The summed E-state index contributed by atoms with van der Waals surface area (Å²) in [6.07, 6.45) is 0. The summed E-state index contributed by atoms with van der Waals surface area (Å²) in [5.41, 5.74) is 0. The first-order valence-corrected chi connectivity index (χ1v) is 3.84. The van der Waals surface area contributed by atoms with Crippen LogP contribution in [0.25, 0.3) is 0 Å². The van der Waals surface area contributed by atoms with Crippen LogP contribution in [0.2, 0.25) is 0 Å². The van der Waals surface area contributed by atoms with Gasteiger partial charge in [-0.05, 0) is 17.2 Å². The van der Waals surface area contributed by atoms with Crippen molar-refractivity contribution in [2.75, 3.05) is 5.08 Å². The number of hydrogen-bond donors (Lipinski definition) is 0. The van der Waals surface area contributed by atoms with Gasteiger partial charge >= 0.3 is 29.6 Å². The molecule has 0 amide bonds. The molecular weight excluding hydrogens is 135 g/mol. The van der Waals surface area contributed by atoms with E-state index >= 15 is 0 Å². The number of allylic oxidation sites excluding steroid dienone is 1. The average Bonchev–Trinajstić information content (AvgIpc) is 1.86. The van der Waals surface area contributed by atoms with Gasteiger partial charge in [0.1, 0.15) is 0 Å². The van der Waals surface area contributed by atoms with Crippen molar-refractivity contribution >= 4 is 23.5 Å². The summed E-state index contributed by atoms with van der Waals surface area (Å²) < 4.78 is 0. The van der Waals surface area contributed by atoms with E-state index in [0.717, 1.165) is 0 Å². The van der Waals surface area contributed by atoms with Crippen LogP contribution in [0.3, 0.4) is 0 Å². The maximum absolute atomic E-state index is 2.20. The first kappa shape index (κ1) is 8.44. The Balaban J connectivity index is 0. The van der Waals surface area contributed by atoms with Crippen LogP contribution < -0.4 is 29.6 Å². The van der Waals surface area contributed by atoms with Gasteiger partial charge < -0.3 is 1.43 Å². The SMILES string of the molecule is CC1=CSCS1.[H-].[Na+]. The van der Waals surface area contributed by atoms with E-state index in [-0.39, 0.29) is 31.0 Å². The second-order valence-corrected chi connectivity index (χ2v) is 3.60. The molecular formula is C4H7NaS2. The van der Waals surface area contributed by atoms with Gasteiger partial charge in [-0.2, -0.15) is 0 Å². The second kappa shape index (κ2) is 4.33. The van der Waals surface area contributed by atoms with Crippen molar-refractivity contribution < 1.29 is 31.0 Å². The Labute approximate surface area is 76.3 Å². The maximum atomic E-state index is 2.20. The van der Waals surface area contributed by atoms with Gasteiger partial charge in [-0.1, -0.05) is 0 Å². The van der Waals surface area contributed by atoms with Crippen LogP contribution in [0.4, 0.5) is 0 Å². The van der Waals surface area contributed by atoms with Crippen molar-refractivity contribution in [3.05, 3.63) is 10.3 Å². The Bertz CT molecular complexity index is 84.1. The molecule has 0 spiro atoms. The fraction of sp³-hybridized carbons (Fsp3) is 0.500. The molecule has 0 nitrogen and oxygen atoms in total. The van der Waals surface area contributed by atoms with Crippen molar-refractivity contribution in [2.45, 2.75) is 6.92 Å². The van der Waals surface area contributed by atoms with Crippen molar-refractivity contribution in [3.8, 4) is 0 Å². The maximum Gasteiger partial charge on any atom is 1.00 e. The molecule has 1 rings (SSSR count). The van der Waals surface area contributed by atoms with Gasteiger partial charge in [-0.3, -0.25) is 0 Å². The average molecular weight is 142 g/mol. The predicted octanol–water partition coefficient (Wildman–Crippen LogP) is -0.598. The minimum absolute atomic E-state index is 0. The van der Waals surface area contributed by atoms with E-state index in [0.29, 0.717) is 0 Å². The molecule has 0 saturated heterocycles. The van der Waals surface area contributed by atoms with Gasteiger partial charge in [-0.15, -0.1) is 23.5 Å². The van der Waals surface area contributed by atoms with Crippen LogP contribution in [0.15, 0.2) is 10.3 Å². The molecule has 0 radical (unpaired) electrons. The molecule has 1 aliphatic heterocycles. The summed E-state index contributed by atoms with van der Waals surface area (Å²) in [7, 11) is 0. The summed E-state index contributed by atoms with van der Waals surface area (Å²) in [6.45, 7) is 2.14. The summed E-state index contributed by atoms with van der Waals surface area (Å²) in [5, 5.41) is 3.43. The summed E-state index contributed by atoms with van der Waals surface area (Å²) in [6, 6.07) is 0. The Kier molecular flexibility index (Phi) is 5.22. The van der Waals surface area contributed by atoms with E-state index in [1.165, 1.54) is 9.99 Å².